The fourth-order valence-electron chi connectivity index (χ4n) is 1.75. The lowest BCUT2D eigenvalue weighted by Crippen LogP contribution is -1.93. The first kappa shape index (κ1) is 10.8. The van der Waals surface area contributed by atoms with E-state index in [2.05, 4.69) is 11.1 Å². The lowest BCUT2D eigenvalue weighted by atomic mass is 10.1. The highest BCUT2D eigenvalue weighted by molar-refractivity contribution is 5.34. The zero-order chi connectivity index (χ0) is 11.4. The van der Waals surface area contributed by atoms with E-state index in [-0.39, 0.29) is 6.61 Å². The molecule has 1 heterocycles. The summed E-state index contributed by atoms with van der Waals surface area (Å²) in [6.07, 6.45) is 2.65. The van der Waals surface area contributed by atoms with Gasteiger partial charge in [-0.25, -0.2) is 0 Å². The minimum Gasteiger partial charge on any atom is -0.497 e. The predicted octanol–water partition coefficient (Wildman–Crippen LogP) is 2.11. The van der Waals surface area contributed by atoms with Gasteiger partial charge in [-0.15, -0.1) is 0 Å². The van der Waals surface area contributed by atoms with Gasteiger partial charge < -0.3 is 14.8 Å². The third-order valence-corrected chi connectivity index (χ3v) is 2.62. The van der Waals surface area contributed by atoms with Crippen LogP contribution in [0.1, 0.15) is 16.8 Å². The molecule has 0 aliphatic heterocycles. The van der Waals surface area contributed by atoms with Gasteiger partial charge in [0.2, 0.25) is 0 Å². The highest BCUT2D eigenvalue weighted by Crippen LogP contribution is 2.17. The number of hydrogen-bond donors (Lipinski definition) is 2. The number of aromatic amines is 1. The minimum absolute atomic E-state index is 0.0479. The molecule has 1 aromatic heterocycles. The molecule has 16 heavy (non-hydrogen) atoms. The van der Waals surface area contributed by atoms with Gasteiger partial charge in [-0.2, -0.15) is 0 Å². The number of aliphatic hydroxyl groups excluding tert-OH is 1. The molecule has 0 amide bonds. The summed E-state index contributed by atoms with van der Waals surface area (Å²) in [7, 11) is 1.66. The second-order valence-electron chi connectivity index (χ2n) is 3.67. The number of ether oxygens (including phenoxy) is 1. The Hall–Kier alpha value is -1.74. The van der Waals surface area contributed by atoms with Crippen molar-refractivity contribution in [1.29, 1.82) is 0 Å². The molecule has 0 saturated heterocycles. The Morgan fingerprint density at radius 3 is 2.94 bits per heavy atom. The Kier molecular flexibility index (Phi) is 3.27. The van der Waals surface area contributed by atoms with Crippen LogP contribution < -0.4 is 4.74 Å². The van der Waals surface area contributed by atoms with Crippen molar-refractivity contribution in [2.24, 2.45) is 0 Å². The zero-order valence-corrected chi connectivity index (χ0v) is 9.23. The Morgan fingerprint density at radius 2 is 2.19 bits per heavy atom. The number of aromatic nitrogens is 1. The van der Waals surface area contributed by atoms with E-state index in [1.54, 1.807) is 7.11 Å². The summed E-state index contributed by atoms with van der Waals surface area (Å²) in [4.78, 5) is 3.02. The van der Waals surface area contributed by atoms with Crippen molar-refractivity contribution in [2.45, 2.75) is 13.0 Å². The molecule has 3 heteroatoms. The van der Waals surface area contributed by atoms with Gasteiger partial charge in [0.25, 0.3) is 0 Å². The summed E-state index contributed by atoms with van der Waals surface area (Å²) in [6, 6.07) is 9.95. The van der Waals surface area contributed by atoms with E-state index in [0.717, 1.165) is 23.4 Å². The van der Waals surface area contributed by atoms with Crippen molar-refractivity contribution >= 4 is 0 Å². The Labute approximate surface area is 94.7 Å². The summed E-state index contributed by atoms with van der Waals surface area (Å²) in [5.74, 6) is 0.860. The van der Waals surface area contributed by atoms with Gasteiger partial charge >= 0.3 is 0 Å². The molecule has 0 aliphatic carbocycles. The van der Waals surface area contributed by atoms with Crippen LogP contribution in [0, 0.1) is 0 Å². The van der Waals surface area contributed by atoms with Crippen molar-refractivity contribution < 1.29 is 9.84 Å². The average Bonchev–Trinajstić information content (AvgIpc) is 2.76. The maximum atomic E-state index is 9.13. The Balaban J connectivity index is 2.20. The highest BCUT2D eigenvalue weighted by atomic mass is 16.5. The van der Waals surface area contributed by atoms with Crippen LogP contribution in [0.3, 0.4) is 0 Å². The molecular weight excluding hydrogens is 202 g/mol. The van der Waals surface area contributed by atoms with Crippen molar-refractivity contribution in [1.82, 2.24) is 4.98 Å². The van der Waals surface area contributed by atoms with E-state index in [9.17, 15) is 0 Å². The molecule has 1 aromatic carbocycles. The number of H-pyrrole nitrogens is 1. The monoisotopic (exact) mass is 217 g/mol. The quantitative estimate of drug-likeness (QED) is 0.823. The summed E-state index contributed by atoms with van der Waals surface area (Å²) in [5.41, 5.74) is 3.17. The number of benzene rings is 1. The van der Waals surface area contributed by atoms with Crippen molar-refractivity contribution in [3.8, 4) is 5.75 Å². The van der Waals surface area contributed by atoms with Gasteiger partial charge in [0.15, 0.2) is 0 Å². The number of hydrogen-bond acceptors (Lipinski definition) is 2. The first-order chi connectivity index (χ1) is 7.83. The lowest BCUT2D eigenvalue weighted by Gasteiger charge is -2.04. The lowest BCUT2D eigenvalue weighted by molar-refractivity contribution is 0.276. The van der Waals surface area contributed by atoms with Gasteiger partial charge in [-0.05, 0) is 35.7 Å². The molecule has 84 valence electrons. The number of rotatable bonds is 4. The van der Waals surface area contributed by atoms with Crippen LogP contribution in [-0.2, 0) is 13.0 Å². The van der Waals surface area contributed by atoms with Crippen molar-refractivity contribution in [3.05, 3.63) is 53.3 Å². The molecule has 0 radical (unpaired) electrons. The van der Waals surface area contributed by atoms with Crippen LogP contribution in [0.15, 0.2) is 36.5 Å². The number of nitrogens with one attached hydrogen (secondary N) is 1. The van der Waals surface area contributed by atoms with Crippen LogP contribution in [-0.4, -0.2) is 17.2 Å². The smallest absolute Gasteiger partial charge is 0.119 e. The van der Waals surface area contributed by atoms with Gasteiger partial charge in [0.1, 0.15) is 5.75 Å². The summed E-state index contributed by atoms with van der Waals surface area (Å²) < 4.78 is 5.17. The Bertz CT molecular complexity index is 462. The molecule has 0 bridgehead atoms. The second kappa shape index (κ2) is 4.86. The molecular formula is C13H15NO2. The summed E-state index contributed by atoms with van der Waals surface area (Å²) >= 11 is 0. The largest absolute Gasteiger partial charge is 0.497 e. The first-order valence-electron chi connectivity index (χ1n) is 5.22. The fraction of sp³-hybridized carbons (Fsp3) is 0.231. The van der Waals surface area contributed by atoms with E-state index in [0.29, 0.717) is 0 Å². The molecule has 2 rings (SSSR count). The van der Waals surface area contributed by atoms with E-state index in [1.165, 1.54) is 5.56 Å². The molecule has 0 spiro atoms. The van der Waals surface area contributed by atoms with Crippen LogP contribution in [0.5, 0.6) is 5.75 Å². The highest BCUT2D eigenvalue weighted by Gasteiger charge is 2.04. The minimum atomic E-state index is 0.0479. The fourth-order valence-corrected chi connectivity index (χ4v) is 1.75. The predicted molar refractivity (Wildman–Crippen MR) is 62.5 cm³/mol. The van der Waals surface area contributed by atoms with Gasteiger partial charge in [0.05, 0.1) is 13.7 Å². The van der Waals surface area contributed by atoms with Crippen molar-refractivity contribution in [2.75, 3.05) is 7.11 Å². The van der Waals surface area contributed by atoms with Gasteiger partial charge in [-0.3, -0.25) is 0 Å². The third-order valence-electron chi connectivity index (χ3n) is 2.62. The van der Waals surface area contributed by atoms with E-state index in [4.69, 9.17) is 9.84 Å². The van der Waals surface area contributed by atoms with Crippen molar-refractivity contribution in [3.63, 3.8) is 0 Å². The maximum absolute atomic E-state index is 9.13. The zero-order valence-electron chi connectivity index (χ0n) is 9.23. The first-order valence-corrected chi connectivity index (χ1v) is 5.22. The number of methoxy groups -OCH3 is 1. The van der Waals surface area contributed by atoms with Crippen LogP contribution in [0.4, 0.5) is 0 Å². The van der Waals surface area contributed by atoms with Crippen LogP contribution in [0.25, 0.3) is 0 Å². The van der Waals surface area contributed by atoms with Crippen LogP contribution >= 0.6 is 0 Å². The SMILES string of the molecule is COc1cccc(Cc2cc[nH]c2CO)c1. The van der Waals surface area contributed by atoms with Gasteiger partial charge in [-0.1, -0.05) is 12.1 Å². The molecule has 0 unspecified atom stereocenters. The maximum Gasteiger partial charge on any atom is 0.119 e. The summed E-state index contributed by atoms with van der Waals surface area (Å²) in [5, 5.41) is 9.13. The van der Waals surface area contributed by atoms with Gasteiger partial charge in [0, 0.05) is 11.9 Å². The molecule has 0 fully saturated rings. The molecule has 2 N–H and O–H groups in total. The van der Waals surface area contributed by atoms with E-state index >= 15 is 0 Å². The van der Waals surface area contributed by atoms with E-state index in [1.807, 2.05) is 30.5 Å². The molecule has 0 aliphatic rings. The Morgan fingerprint density at radius 1 is 1.31 bits per heavy atom. The summed E-state index contributed by atoms with van der Waals surface area (Å²) in [6.45, 7) is 0.0479. The van der Waals surface area contributed by atoms with E-state index < -0.39 is 0 Å². The average molecular weight is 217 g/mol. The normalized spacial score (nSPS) is 10.4. The third kappa shape index (κ3) is 2.25. The number of aliphatic hydroxyl groups is 1. The second-order valence-corrected chi connectivity index (χ2v) is 3.67. The molecule has 0 saturated carbocycles. The molecule has 0 atom stereocenters. The topological polar surface area (TPSA) is 45.2 Å². The standard InChI is InChI=1S/C13H15NO2/c1-16-12-4-2-3-10(8-12)7-11-5-6-14-13(11)9-15/h2-6,8,14-15H,7,9H2,1H3. The molecule has 2 aromatic rings. The van der Waals surface area contributed by atoms with Crippen LogP contribution in [0.2, 0.25) is 0 Å². The molecule has 3 nitrogen and oxygen atoms in total.